The summed E-state index contributed by atoms with van der Waals surface area (Å²) in [4.78, 5) is 25.2. The predicted octanol–water partition coefficient (Wildman–Crippen LogP) is 3.45. The van der Waals surface area contributed by atoms with Crippen LogP contribution in [0.15, 0.2) is 48.5 Å². The molecule has 4 nitrogen and oxygen atoms in total. The lowest BCUT2D eigenvalue weighted by molar-refractivity contribution is -0.274. The number of anilines is 2. The number of Topliss-reactive ketones (excluding diaryl/α,β-unsaturated/α-hetero) is 1. The molecule has 1 aliphatic heterocycles. The van der Waals surface area contributed by atoms with Gasteiger partial charge in [-0.15, -0.1) is 13.2 Å². The number of amides is 1. The van der Waals surface area contributed by atoms with Crippen molar-refractivity contribution in [1.82, 2.24) is 0 Å². The molecular weight excluding hydrogens is 299 g/mol. The molecule has 0 spiro atoms. The number of nitrogens with zero attached hydrogens (tertiary/aromatic N) is 1. The van der Waals surface area contributed by atoms with E-state index >= 15 is 0 Å². The van der Waals surface area contributed by atoms with Crippen LogP contribution in [0.2, 0.25) is 0 Å². The lowest BCUT2D eigenvalue weighted by Crippen LogP contribution is -2.24. The molecule has 1 amide bonds. The molecule has 0 saturated carbocycles. The summed E-state index contributed by atoms with van der Waals surface area (Å²) < 4.78 is 41.1. The van der Waals surface area contributed by atoms with Crippen molar-refractivity contribution in [2.24, 2.45) is 0 Å². The Hall–Kier alpha value is -2.83. The van der Waals surface area contributed by atoms with Crippen LogP contribution in [0.25, 0.3) is 0 Å². The first kappa shape index (κ1) is 14.1. The van der Waals surface area contributed by atoms with Crippen LogP contribution in [-0.4, -0.2) is 18.1 Å². The summed E-state index contributed by atoms with van der Waals surface area (Å²) in [6.45, 7) is 0. The van der Waals surface area contributed by atoms with E-state index in [4.69, 9.17) is 0 Å². The van der Waals surface area contributed by atoms with Gasteiger partial charge in [0.1, 0.15) is 5.75 Å². The van der Waals surface area contributed by atoms with Crippen LogP contribution >= 0.6 is 0 Å². The second kappa shape index (κ2) is 4.87. The molecule has 112 valence electrons. The summed E-state index contributed by atoms with van der Waals surface area (Å²) in [5, 5.41) is 0. The highest BCUT2D eigenvalue weighted by Crippen LogP contribution is 2.41. The molecule has 3 rings (SSSR count). The number of ketones is 1. The Balaban J connectivity index is 2.14. The van der Waals surface area contributed by atoms with Crippen LogP contribution in [0.1, 0.15) is 10.4 Å². The third-order valence-corrected chi connectivity index (χ3v) is 3.11. The zero-order valence-corrected chi connectivity index (χ0v) is 10.9. The van der Waals surface area contributed by atoms with E-state index < -0.39 is 23.8 Å². The summed E-state index contributed by atoms with van der Waals surface area (Å²) in [5.41, 5.74) is 0.0837. The van der Waals surface area contributed by atoms with Gasteiger partial charge in [0.2, 0.25) is 0 Å². The maximum absolute atomic E-state index is 12.4. The molecule has 22 heavy (non-hydrogen) atoms. The SMILES string of the molecule is O=C1C(=O)N(c2ccccc2)c2cccc(OC(F)(F)F)c21. The first-order valence-electron chi connectivity index (χ1n) is 6.21. The number of fused-ring (bicyclic) bond motifs is 1. The van der Waals surface area contributed by atoms with Crippen molar-refractivity contribution in [3.05, 3.63) is 54.1 Å². The molecule has 2 aromatic carbocycles. The fourth-order valence-electron chi connectivity index (χ4n) is 2.30. The molecular formula is C15H8F3NO3. The Kier molecular flexibility index (Phi) is 3.13. The quantitative estimate of drug-likeness (QED) is 0.798. The molecule has 0 atom stereocenters. The third kappa shape index (κ3) is 2.30. The minimum absolute atomic E-state index is 0.0722. The average molecular weight is 307 g/mol. The normalized spacial score (nSPS) is 14.2. The molecule has 1 heterocycles. The van der Waals surface area contributed by atoms with Gasteiger partial charge in [-0.1, -0.05) is 24.3 Å². The minimum Gasteiger partial charge on any atom is -0.405 e. The number of carbonyl (C=O) groups is 2. The Labute approximate surface area is 122 Å². The highest BCUT2D eigenvalue weighted by Gasteiger charge is 2.42. The molecule has 0 bridgehead atoms. The summed E-state index contributed by atoms with van der Waals surface area (Å²) >= 11 is 0. The zero-order valence-electron chi connectivity index (χ0n) is 10.9. The predicted molar refractivity (Wildman–Crippen MR) is 71.0 cm³/mol. The van der Waals surface area contributed by atoms with E-state index in [1.165, 1.54) is 12.1 Å². The summed E-state index contributed by atoms with van der Waals surface area (Å²) in [7, 11) is 0. The van der Waals surface area contributed by atoms with E-state index in [-0.39, 0.29) is 11.3 Å². The molecule has 0 N–H and O–H groups in total. The smallest absolute Gasteiger partial charge is 0.405 e. The maximum Gasteiger partial charge on any atom is 0.573 e. The summed E-state index contributed by atoms with van der Waals surface area (Å²) in [5.74, 6) is -2.63. The van der Waals surface area contributed by atoms with Gasteiger partial charge >= 0.3 is 12.3 Å². The van der Waals surface area contributed by atoms with Gasteiger partial charge in [0.25, 0.3) is 5.78 Å². The number of carbonyl (C=O) groups excluding carboxylic acids is 2. The van der Waals surface area contributed by atoms with Crippen molar-refractivity contribution in [1.29, 1.82) is 0 Å². The molecule has 0 fully saturated rings. The second-order valence-corrected chi connectivity index (χ2v) is 4.50. The number of alkyl halides is 3. The van der Waals surface area contributed by atoms with E-state index in [0.29, 0.717) is 5.69 Å². The van der Waals surface area contributed by atoms with Gasteiger partial charge in [0.15, 0.2) is 0 Å². The van der Waals surface area contributed by atoms with Gasteiger partial charge in [-0.3, -0.25) is 14.5 Å². The average Bonchev–Trinajstić information content (AvgIpc) is 2.71. The Morgan fingerprint density at radius 1 is 0.909 bits per heavy atom. The fraction of sp³-hybridized carbons (Fsp3) is 0.0667. The molecule has 2 aromatic rings. The fourth-order valence-corrected chi connectivity index (χ4v) is 2.30. The van der Waals surface area contributed by atoms with Crippen LogP contribution in [0.3, 0.4) is 0 Å². The van der Waals surface area contributed by atoms with Gasteiger partial charge in [-0.05, 0) is 24.3 Å². The minimum atomic E-state index is -4.95. The molecule has 1 aliphatic rings. The van der Waals surface area contributed by atoms with E-state index in [1.54, 1.807) is 30.3 Å². The van der Waals surface area contributed by atoms with Crippen molar-refractivity contribution in [3.63, 3.8) is 0 Å². The second-order valence-electron chi connectivity index (χ2n) is 4.50. The molecule has 0 saturated heterocycles. The Bertz CT molecular complexity index is 756. The molecule has 0 aromatic heterocycles. The number of benzene rings is 2. The van der Waals surface area contributed by atoms with Crippen LogP contribution in [-0.2, 0) is 4.79 Å². The molecule has 7 heteroatoms. The topological polar surface area (TPSA) is 46.6 Å². The van der Waals surface area contributed by atoms with Crippen LogP contribution in [0, 0.1) is 0 Å². The zero-order chi connectivity index (χ0) is 15.9. The van der Waals surface area contributed by atoms with Gasteiger partial charge in [0, 0.05) is 5.69 Å². The number of hydrogen-bond acceptors (Lipinski definition) is 3. The summed E-state index contributed by atoms with van der Waals surface area (Å²) in [6, 6.07) is 11.9. The number of rotatable bonds is 2. The van der Waals surface area contributed by atoms with Crippen molar-refractivity contribution in [3.8, 4) is 5.75 Å². The number of para-hydroxylation sites is 1. The van der Waals surface area contributed by atoms with Crippen molar-refractivity contribution >= 4 is 23.1 Å². The van der Waals surface area contributed by atoms with Crippen molar-refractivity contribution in [2.75, 3.05) is 4.90 Å². The van der Waals surface area contributed by atoms with Crippen molar-refractivity contribution < 1.29 is 27.5 Å². The van der Waals surface area contributed by atoms with E-state index in [1.807, 2.05) is 0 Å². The number of ether oxygens (including phenoxy) is 1. The maximum atomic E-state index is 12.4. The van der Waals surface area contributed by atoms with Crippen molar-refractivity contribution in [2.45, 2.75) is 6.36 Å². The lowest BCUT2D eigenvalue weighted by atomic mass is 10.1. The first-order chi connectivity index (χ1) is 10.4. The lowest BCUT2D eigenvalue weighted by Gasteiger charge is -2.17. The van der Waals surface area contributed by atoms with Gasteiger partial charge in [-0.2, -0.15) is 0 Å². The van der Waals surface area contributed by atoms with Crippen LogP contribution in [0.5, 0.6) is 5.75 Å². The Morgan fingerprint density at radius 3 is 2.23 bits per heavy atom. The van der Waals surface area contributed by atoms with Gasteiger partial charge in [0.05, 0.1) is 11.3 Å². The standard InChI is InChI=1S/C15H8F3NO3/c16-15(17,18)22-11-8-4-7-10-12(11)13(20)14(21)19(10)9-5-2-1-3-6-9/h1-8H. The highest BCUT2D eigenvalue weighted by molar-refractivity contribution is 6.54. The molecule has 0 radical (unpaired) electrons. The van der Waals surface area contributed by atoms with Gasteiger partial charge < -0.3 is 4.74 Å². The van der Waals surface area contributed by atoms with Crippen LogP contribution in [0.4, 0.5) is 24.5 Å². The Morgan fingerprint density at radius 2 is 1.59 bits per heavy atom. The summed E-state index contributed by atoms with van der Waals surface area (Å²) in [6.07, 6.45) is -4.95. The third-order valence-electron chi connectivity index (χ3n) is 3.11. The largest absolute Gasteiger partial charge is 0.573 e. The first-order valence-corrected chi connectivity index (χ1v) is 6.21. The monoisotopic (exact) mass is 307 g/mol. The van der Waals surface area contributed by atoms with E-state index in [0.717, 1.165) is 11.0 Å². The molecule has 0 aliphatic carbocycles. The highest BCUT2D eigenvalue weighted by atomic mass is 19.4. The molecule has 0 unspecified atom stereocenters. The van der Waals surface area contributed by atoms with Crippen LogP contribution < -0.4 is 9.64 Å². The number of halogens is 3. The van der Waals surface area contributed by atoms with Gasteiger partial charge in [-0.25, -0.2) is 0 Å². The number of hydrogen-bond donors (Lipinski definition) is 0. The van der Waals surface area contributed by atoms with E-state index in [9.17, 15) is 22.8 Å². The van der Waals surface area contributed by atoms with E-state index in [2.05, 4.69) is 4.74 Å².